The molecule has 0 aliphatic rings. The van der Waals surface area contributed by atoms with Gasteiger partial charge in [0.15, 0.2) is 0 Å². The van der Waals surface area contributed by atoms with Crippen LogP contribution in [0, 0.1) is 0 Å². The SMILES string of the molecule is CC(C)NC(=O)CNCc1ccc(Cl)s1. The van der Waals surface area contributed by atoms with Gasteiger partial charge in [-0.3, -0.25) is 4.79 Å². The minimum Gasteiger partial charge on any atom is -0.353 e. The van der Waals surface area contributed by atoms with Crippen LogP contribution < -0.4 is 10.6 Å². The average Bonchev–Trinajstić information content (AvgIpc) is 2.50. The Balaban J connectivity index is 2.19. The van der Waals surface area contributed by atoms with Crippen LogP contribution in [0.25, 0.3) is 0 Å². The topological polar surface area (TPSA) is 41.1 Å². The zero-order valence-electron chi connectivity index (χ0n) is 8.84. The van der Waals surface area contributed by atoms with Crippen molar-refractivity contribution in [3.63, 3.8) is 0 Å². The van der Waals surface area contributed by atoms with E-state index in [2.05, 4.69) is 10.6 Å². The molecule has 1 amide bonds. The van der Waals surface area contributed by atoms with E-state index in [4.69, 9.17) is 11.6 Å². The standard InChI is InChI=1S/C10H15ClN2OS/c1-7(2)13-10(14)6-12-5-8-3-4-9(11)15-8/h3-4,7,12H,5-6H2,1-2H3,(H,13,14). The summed E-state index contributed by atoms with van der Waals surface area (Å²) in [6.45, 7) is 4.91. The van der Waals surface area contributed by atoms with Crippen LogP contribution in [0.2, 0.25) is 4.34 Å². The number of halogens is 1. The van der Waals surface area contributed by atoms with Crippen molar-refractivity contribution >= 4 is 28.8 Å². The first-order valence-electron chi connectivity index (χ1n) is 4.82. The van der Waals surface area contributed by atoms with Gasteiger partial charge in [-0.15, -0.1) is 11.3 Å². The van der Waals surface area contributed by atoms with Crippen LogP contribution in [-0.4, -0.2) is 18.5 Å². The molecule has 0 fully saturated rings. The zero-order chi connectivity index (χ0) is 11.3. The molecule has 0 aliphatic heterocycles. The van der Waals surface area contributed by atoms with Gasteiger partial charge in [0.1, 0.15) is 0 Å². The van der Waals surface area contributed by atoms with Crippen molar-refractivity contribution in [3.05, 3.63) is 21.3 Å². The summed E-state index contributed by atoms with van der Waals surface area (Å²) in [4.78, 5) is 12.4. The van der Waals surface area contributed by atoms with Gasteiger partial charge < -0.3 is 10.6 Å². The molecule has 0 spiro atoms. The fourth-order valence-electron chi connectivity index (χ4n) is 1.12. The monoisotopic (exact) mass is 246 g/mol. The number of thiophene rings is 1. The summed E-state index contributed by atoms with van der Waals surface area (Å²) in [7, 11) is 0. The van der Waals surface area contributed by atoms with E-state index < -0.39 is 0 Å². The quantitative estimate of drug-likeness (QED) is 0.835. The average molecular weight is 247 g/mol. The van der Waals surface area contributed by atoms with Gasteiger partial charge in [0.25, 0.3) is 0 Å². The Morgan fingerprint density at radius 3 is 2.80 bits per heavy atom. The molecule has 0 unspecified atom stereocenters. The van der Waals surface area contributed by atoms with Gasteiger partial charge >= 0.3 is 0 Å². The van der Waals surface area contributed by atoms with Gasteiger partial charge in [0.2, 0.25) is 5.91 Å². The first-order valence-corrected chi connectivity index (χ1v) is 6.01. The summed E-state index contributed by atoms with van der Waals surface area (Å²) in [5, 5.41) is 5.87. The van der Waals surface area contributed by atoms with E-state index in [-0.39, 0.29) is 11.9 Å². The second-order valence-electron chi connectivity index (χ2n) is 3.53. The molecule has 5 heteroatoms. The summed E-state index contributed by atoms with van der Waals surface area (Å²) in [5.41, 5.74) is 0. The Kier molecular flexibility index (Phi) is 5.08. The first-order chi connectivity index (χ1) is 7.08. The van der Waals surface area contributed by atoms with Crippen LogP contribution in [0.4, 0.5) is 0 Å². The fraction of sp³-hybridized carbons (Fsp3) is 0.500. The second-order valence-corrected chi connectivity index (χ2v) is 5.33. The Hall–Kier alpha value is -0.580. The number of hydrogen-bond donors (Lipinski definition) is 2. The lowest BCUT2D eigenvalue weighted by Gasteiger charge is -2.08. The van der Waals surface area contributed by atoms with E-state index in [0.717, 1.165) is 9.21 Å². The van der Waals surface area contributed by atoms with Crippen molar-refractivity contribution in [2.24, 2.45) is 0 Å². The van der Waals surface area contributed by atoms with Crippen molar-refractivity contribution in [1.29, 1.82) is 0 Å². The van der Waals surface area contributed by atoms with Crippen LogP contribution in [-0.2, 0) is 11.3 Å². The van der Waals surface area contributed by atoms with E-state index in [1.165, 1.54) is 11.3 Å². The van der Waals surface area contributed by atoms with Crippen LogP contribution in [0.1, 0.15) is 18.7 Å². The molecule has 0 aliphatic carbocycles. The van der Waals surface area contributed by atoms with Crippen LogP contribution in [0.5, 0.6) is 0 Å². The van der Waals surface area contributed by atoms with E-state index in [0.29, 0.717) is 13.1 Å². The third-order valence-corrected chi connectivity index (χ3v) is 2.89. The van der Waals surface area contributed by atoms with E-state index in [1.807, 2.05) is 26.0 Å². The van der Waals surface area contributed by atoms with E-state index in [9.17, 15) is 4.79 Å². The van der Waals surface area contributed by atoms with Gasteiger partial charge in [0, 0.05) is 17.5 Å². The number of carbonyl (C=O) groups excluding carboxylic acids is 1. The third-order valence-electron chi connectivity index (χ3n) is 1.66. The van der Waals surface area contributed by atoms with Crippen LogP contribution >= 0.6 is 22.9 Å². The third kappa shape index (κ3) is 5.16. The minimum absolute atomic E-state index is 0.0210. The molecule has 15 heavy (non-hydrogen) atoms. The minimum atomic E-state index is 0.0210. The maximum Gasteiger partial charge on any atom is 0.234 e. The predicted octanol–water partition coefficient (Wildman–Crippen LogP) is 2.02. The molecule has 84 valence electrons. The zero-order valence-corrected chi connectivity index (χ0v) is 10.4. The molecule has 1 heterocycles. The van der Waals surface area contributed by atoms with Gasteiger partial charge in [-0.05, 0) is 26.0 Å². The Morgan fingerprint density at radius 2 is 2.27 bits per heavy atom. The number of nitrogens with one attached hydrogen (secondary N) is 2. The summed E-state index contributed by atoms with van der Waals surface area (Å²) in [6.07, 6.45) is 0. The molecular weight excluding hydrogens is 232 g/mol. The molecule has 0 bridgehead atoms. The second kappa shape index (κ2) is 6.10. The molecule has 2 N–H and O–H groups in total. The number of rotatable bonds is 5. The lowest BCUT2D eigenvalue weighted by atomic mass is 10.4. The van der Waals surface area contributed by atoms with Gasteiger partial charge in [-0.2, -0.15) is 0 Å². The highest BCUT2D eigenvalue weighted by Gasteiger charge is 2.03. The van der Waals surface area contributed by atoms with Crippen molar-refractivity contribution in [2.75, 3.05) is 6.54 Å². The molecule has 3 nitrogen and oxygen atoms in total. The van der Waals surface area contributed by atoms with Gasteiger partial charge in [-0.1, -0.05) is 11.6 Å². The molecule has 0 saturated carbocycles. The molecule has 1 aromatic heterocycles. The van der Waals surface area contributed by atoms with Crippen molar-refractivity contribution in [1.82, 2.24) is 10.6 Å². The van der Waals surface area contributed by atoms with Crippen molar-refractivity contribution < 1.29 is 4.79 Å². The molecule has 1 aromatic rings. The van der Waals surface area contributed by atoms with Gasteiger partial charge in [-0.25, -0.2) is 0 Å². The van der Waals surface area contributed by atoms with Crippen molar-refractivity contribution in [3.8, 4) is 0 Å². The maximum atomic E-state index is 11.3. The molecule has 0 saturated heterocycles. The molecule has 1 rings (SSSR count). The predicted molar refractivity (Wildman–Crippen MR) is 64.3 cm³/mol. The Bertz CT molecular complexity index is 325. The fourth-order valence-corrected chi connectivity index (χ4v) is 2.18. The number of carbonyl (C=O) groups is 1. The van der Waals surface area contributed by atoms with Crippen LogP contribution in [0.3, 0.4) is 0 Å². The smallest absolute Gasteiger partial charge is 0.234 e. The summed E-state index contributed by atoms with van der Waals surface area (Å²) < 4.78 is 0.776. The normalized spacial score (nSPS) is 10.7. The van der Waals surface area contributed by atoms with Crippen molar-refractivity contribution in [2.45, 2.75) is 26.4 Å². The molecule has 0 aromatic carbocycles. The largest absolute Gasteiger partial charge is 0.353 e. The maximum absolute atomic E-state index is 11.3. The van der Waals surface area contributed by atoms with E-state index in [1.54, 1.807) is 0 Å². The molecule has 0 atom stereocenters. The highest BCUT2D eigenvalue weighted by atomic mass is 35.5. The lowest BCUT2D eigenvalue weighted by Crippen LogP contribution is -2.37. The van der Waals surface area contributed by atoms with E-state index >= 15 is 0 Å². The van der Waals surface area contributed by atoms with Crippen LogP contribution in [0.15, 0.2) is 12.1 Å². The highest BCUT2D eigenvalue weighted by molar-refractivity contribution is 7.16. The van der Waals surface area contributed by atoms with Gasteiger partial charge in [0.05, 0.1) is 10.9 Å². The molecular formula is C10H15ClN2OS. The molecule has 0 radical (unpaired) electrons. The summed E-state index contributed by atoms with van der Waals surface area (Å²) >= 11 is 7.31. The lowest BCUT2D eigenvalue weighted by molar-refractivity contribution is -0.120. The summed E-state index contributed by atoms with van der Waals surface area (Å²) in [5.74, 6) is 0.0210. The number of hydrogen-bond acceptors (Lipinski definition) is 3. The first kappa shape index (κ1) is 12.5. The number of amides is 1. The highest BCUT2D eigenvalue weighted by Crippen LogP contribution is 2.20. The Labute approximate surface area is 98.8 Å². The Morgan fingerprint density at radius 1 is 1.53 bits per heavy atom. The summed E-state index contributed by atoms with van der Waals surface area (Å²) in [6, 6.07) is 4.01.